The van der Waals surface area contributed by atoms with Gasteiger partial charge in [0.25, 0.3) is 11.6 Å². The van der Waals surface area contributed by atoms with Crippen LogP contribution in [0.3, 0.4) is 0 Å². The lowest BCUT2D eigenvalue weighted by molar-refractivity contribution is -0.384. The van der Waals surface area contributed by atoms with E-state index in [0.717, 1.165) is 12.8 Å². The summed E-state index contributed by atoms with van der Waals surface area (Å²) >= 11 is 3.37. The smallest absolute Gasteiger partial charge is 0.338 e. The molecule has 0 bridgehead atoms. The van der Waals surface area contributed by atoms with E-state index >= 15 is 0 Å². The highest BCUT2D eigenvalue weighted by atomic mass is 79.9. The number of carbonyl (C=O) groups is 2. The van der Waals surface area contributed by atoms with Crippen molar-refractivity contribution >= 4 is 50.2 Å². The number of ether oxygens (including phenoxy) is 1. The Morgan fingerprint density at radius 1 is 1.08 bits per heavy atom. The van der Waals surface area contributed by atoms with Gasteiger partial charge in [-0.3, -0.25) is 24.6 Å². The molecule has 3 aromatic carbocycles. The number of hydrogen-bond acceptors (Lipinski definition) is 7. The Morgan fingerprint density at radius 2 is 1.79 bits per heavy atom. The number of fused-ring (bicyclic) bond motifs is 2. The highest BCUT2D eigenvalue weighted by Gasteiger charge is 2.43. The van der Waals surface area contributed by atoms with Crippen molar-refractivity contribution in [2.24, 2.45) is 0 Å². The summed E-state index contributed by atoms with van der Waals surface area (Å²) in [6, 6.07) is 16.0. The van der Waals surface area contributed by atoms with E-state index in [1.807, 2.05) is 6.92 Å². The molecule has 4 aromatic rings. The van der Waals surface area contributed by atoms with Gasteiger partial charge < -0.3 is 9.15 Å². The first-order valence-corrected chi connectivity index (χ1v) is 12.7. The molecule has 1 aliphatic heterocycles. The fourth-order valence-corrected chi connectivity index (χ4v) is 4.82. The van der Waals surface area contributed by atoms with E-state index in [1.54, 1.807) is 42.5 Å². The summed E-state index contributed by atoms with van der Waals surface area (Å²) < 4.78 is 11.9. The Hall–Kier alpha value is -4.31. The maximum absolute atomic E-state index is 13.7. The number of esters is 1. The van der Waals surface area contributed by atoms with Crippen LogP contribution in [0.15, 0.2) is 80.4 Å². The minimum atomic E-state index is -0.903. The number of unbranched alkanes of at least 4 members (excludes halogenated alkanes) is 1. The van der Waals surface area contributed by atoms with E-state index in [9.17, 15) is 24.5 Å². The fourth-order valence-electron chi connectivity index (χ4n) is 4.46. The molecule has 0 saturated carbocycles. The standard InChI is InChI=1S/C28H21BrN2O7/c1-2-3-14-37-28(34)17-6-9-19(10-7-17)30-24(16-4-11-20(12-5-16)31(35)36)23-25(32)21-15-18(29)8-13-22(21)38-26(23)27(30)33/h4-13,15,24H,2-3,14H2,1H3. The molecule has 1 amide bonds. The zero-order valence-electron chi connectivity index (χ0n) is 20.2. The number of nitro benzene ring substituents is 1. The van der Waals surface area contributed by atoms with E-state index in [-0.39, 0.29) is 28.0 Å². The largest absolute Gasteiger partial charge is 0.462 e. The number of hydrogen-bond donors (Lipinski definition) is 0. The molecule has 0 radical (unpaired) electrons. The SMILES string of the molecule is CCCCOC(=O)c1ccc(N2C(=O)c3oc4ccc(Br)cc4c(=O)c3C2c2ccc([N+](=O)[O-])cc2)cc1. The summed E-state index contributed by atoms with van der Waals surface area (Å²) in [5.41, 5.74) is 1.14. The third-order valence-corrected chi connectivity index (χ3v) is 6.86. The van der Waals surface area contributed by atoms with Crippen molar-refractivity contribution in [3.05, 3.63) is 114 Å². The molecule has 192 valence electrons. The van der Waals surface area contributed by atoms with Gasteiger partial charge in [0.05, 0.1) is 34.1 Å². The molecule has 0 fully saturated rings. The van der Waals surface area contributed by atoms with Crippen LogP contribution >= 0.6 is 15.9 Å². The second-order valence-corrected chi connectivity index (χ2v) is 9.69. The Labute approximate surface area is 224 Å². The van der Waals surface area contributed by atoms with E-state index in [4.69, 9.17) is 9.15 Å². The first-order chi connectivity index (χ1) is 18.3. The molecular formula is C28H21BrN2O7. The highest BCUT2D eigenvalue weighted by Crippen LogP contribution is 2.41. The number of benzene rings is 3. The fraction of sp³-hybridized carbons (Fsp3) is 0.179. The molecule has 0 aliphatic carbocycles. The van der Waals surface area contributed by atoms with Gasteiger partial charge in [-0.25, -0.2) is 4.79 Å². The monoisotopic (exact) mass is 576 g/mol. The Morgan fingerprint density at radius 3 is 2.45 bits per heavy atom. The summed E-state index contributed by atoms with van der Waals surface area (Å²) in [7, 11) is 0. The van der Waals surface area contributed by atoms with Crippen LogP contribution in [0.4, 0.5) is 11.4 Å². The van der Waals surface area contributed by atoms with Crippen molar-refractivity contribution in [2.75, 3.05) is 11.5 Å². The lowest BCUT2D eigenvalue weighted by atomic mass is 9.98. The van der Waals surface area contributed by atoms with Gasteiger partial charge in [-0.1, -0.05) is 29.3 Å². The normalized spacial score (nSPS) is 14.5. The van der Waals surface area contributed by atoms with Gasteiger partial charge in [0.15, 0.2) is 5.43 Å². The predicted octanol–water partition coefficient (Wildman–Crippen LogP) is 6.17. The van der Waals surface area contributed by atoms with Crippen LogP contribution in [0, 0.1) is 10.1 Å². The zero-order valence-corrected chi connectivity index (χ0v) is 21.8. The summed E-state index contributed by atoms with van der Waals surface area (Å²) in [6.07, 6.45) is 1.65. The van der Waals surface area contributed by atoms with Crippen LogP contribution in [-0.4, -0.2) is 23.4 Å². The molecule has 0 saturated heterocycles. The van der Waals surface area contributed by atoms with Crippen molar-refractivity contribution in [3.63, 3.8) is 0 Å². The lowest BCUT2D eigenvalue weighted by Gasteiger charge is -2.25. The van der Waals surface area contributed by atoms with E-state index < -0.39 is 22.8 Å². The summed E-state index contributed by atoms with van der Waals surface area (Å²) in [5.74, 6) is -1.11. The number of nitrogens with zero attached hydrogens (tertiary/aromatic N) is 2. The van der Waals surface area contributed by atoms with Gasteiger partial charge in [0, 0.05) is 22.3 Å². The molecule has 9 nitrogen and oxygen atoms in total. The Balaban J connectivity index is 1.62. The van der Waals surface area contributed by atoms with Crippen molar-refractivity contribution in [1.29, 1.82) is 0 Å². The predicted molar refractivity (Wildman–Crippen MR) is 144 cm³/mol. The van der Waals surface area contributed by atoms with E-state index in [2.05, 4.69) is 15.9 Å². The van der Waals surface area contributed by atoms with Crippen molar-refractivity contribution in [3.8, 4) is 0 Å². The topological polar surface area (TPSA) is 120 Å². The number of rotatable bonds is 7. The van der Waals surface area contributed by atoms with Gasteiger partial charge in [-0.05, 0) is 66.6 Å². The summed E-state index contributed by atoms with van der Waals surface area (Å²) in [5, 5.41) is 11.5. The van der Waals surface area contributed by atoms with Gasteiger partial charge >= 0.3 is 5.97 Å². The Bertz CT molecular complexity index is 1630. The number of anilines is 1. The average molecular weight is 577 g/mol. The van der Waals surface area contributed by atoms with Crippen LogP contribution in [0.5, 0.6) is 0 Å². The molecular weight excluding hydrogens is 556 g/mol. The molecule has 1 unspecified atom stereocenters. The lowest BCUT2D eigenvalue weighted by Crippen LogP contribution is -2.29. The molecule has 1 aromatic heterocycles. The van der Waals surface area contributed by atoms with Crippen LogP contribution in [0.1, 0.15) is 57.8 Å². The van der Waals surface area contributed by atoms with Crippen molar-refractivity contribution < 1.29 is 23.7 Å². The molecule has 38 heavy (non-hydrogen) atoms. The zero-order chi connectivity index (χ0) is 27.0. The van der Waals surface area contributed by atoms with Gasteiger partial charge in [0.2, 0.25) is 5.76 Å². The highest BCUT2D eigenvalue weighted by molar-refractivity contribution is 9.10. The van der Waals surface area contributed by atoms with Crippen LogP contribution in [0.2, 0.25) is 0 Å². The number of amides is 1. The average Bonchev–Trinajstić information content (AvgIpc) is 3.21. The van der Waals surface area contributed by atoms with Gasteiger partial charge in [0.1, 0.15) is 5.58 Å². The second kappa shape index (κ2) is 10.2. The quantitative estimate of drug-likeness (QED) is 0.112. The minimum absolute atomic E-state index is 0.101. The summed E-state index contributed by atoms with van der Waals surface area (Å²) in [6.45, 7) is 2.31. The third kappa shape index (κ3) is 4.47. The maximum atomic E-state index is 13.7. The molecule has 1 aliphatic rings. The number of nitro groups is 1. The van der Waals surface area contributed by atoms with E-state index in [0.29, 0.717) is 33.3 Å². The van der Waals surface area contributed by atoms with Crippen molar-refractivity contribution in [2.45, 2.75) is 25.8 Å². The number of halogens is 1. The minimum Gasteiger partial charge on any atom is -0.462 e. The van der Waals surface area contributed by atoms with Crippen LogP contribution in [-0.2, 0) is 4.74 Å². The second-order valence-electron chi connectivity index (χ2n) is 8.78. The molecule has 0 N–H and O–H groups in total. The Kier molecular flexibility index (Phi) is 6.81. The van der Waals surface area contributed by atoms with Gasteiger partial charge in [-0.15, -0.1) is 0 Å². The molecule has 5 rings (SSSR count). The molecule has 2 heterocycles. The van der Waals surface area contributed by atoms with Crippen molar-refractivity contribution in [1.82, 2.24) is 0 Å². The van der Waals surface area contributed by atoms with E-state index in [1.165, 1.54) is 29.2 Å². The number of non-ortho nitro benzene ring substituents is 1. The molecule has 0 spiro atoms. The third-order valence-electron chi connectivity index (χ3n) is 6.36. The molecule has 10 heteroatoms. The maximum Gasteiger partial charge on any atom is 0.338 e. The van der Waals surface area contributed by atoms with Crippen LogP contribution < -0.4 is 10.3 Å². The molecule has 1 atom stereocenters. The summed E-state index contributed by atoms with van der Waals surface area (Å²) in [4.78, 5) is 51.8. The first kappa shape index (κ1) is 25.3. The first-order valence-electron chi connectivity index (χ1n) is 11.9. The van der Waals surface area contributed by atoms with Crippen LogP contribution in [0.25, 0.3) is 11.0 Å². The van der Waals surface area contributed by atoms with Gasteiger partial charge in [-0.2, -0.15) is 0 Å². The number of carbonyl (C=O) groups excluding carboxylic acids is 2.